The van der Waals surface area contributed by atoms with Crippen LogP contribution in [0.25, 0.3) is 0 Å². The van der Waals surface area contributed by atoms with Crippen molar-refractivity contribution in [3.63, 3.8) is 0 Å². The molecule has 0 saturated carbocycles. The minimum Gasteiger partial charge on any atom is -0.467 e. The van der Waals surface area contributed by atoms with E-state index in [9.17, 15) is 14.4 Å². The van der Waals surface area contributed by atoms with Crippen LogP contribution in [-0.4, -0.2) is 29.2 Å². The number of hydrogen-bond donors (Lipinski definition) is 1. The number of furan rings is 1. The van der Waals surface area contributed by atoms with Crippen molar-refractivity contribution >= 4 is 17.7 Å². The molecule has 0 saturated heterocycles. The number of nitrogens with one attached hydrogen (secondary N) is 1. The number of imide groups is 1. The molecule has 1 aromatic heterocycles. The van der Waals surface area contributed by atoms with Gasteiger partial charge in [-0.05, 0) is 31.2 Å². The van der Waals surface area contributed by atoms with E-state index in [0.717, 1.165) is 4.90 Å². The zero-order valence-corrected chi connectivity index (χ0v) is 12.6. The second-order valence-corrected chi connectivity index (χ2v) is 5.36. The zero-order valence-electron chi connectivity index (χ0n) is 12.6. The largest absolute Gasteiger partial charge is 0.467 e. The predicted octanol–water partition coefficient (Wildman–Crippen LogP) is 2.14. The molecule has 1 N–H and O–H groups in total. The smallest absolute Gasteiger partial charge is 0.261 e. The molecule has 2 aromatic rings. The summed E-state index contributed by atoms with van der Waals surface area (Å²) in [5, 5.41) is 2.78. The SMILES string of the molecule is CC(NC(=O)CCN1C(=O)c2ccccc2C1=O)c1ccco1. The molecule has 2 heterocycles. The number of nitrogens with zero attached hydrogens (tertiary/aromatic N) is 1. The van der Waals surface area contributed by atoms with Crippen LogP contribution < -0.4 is 5.32 Å². The molecule has 118 valence electrons. The maximum absolute atomic E-state index is 12.2. The van der Waals surface area contributed by atoms with Crippen LogP contribution in [-0.2, 0) is 4.79 Å². The van der Waals surface area contributed by atoms with Crippen molar-refractivity contribution < 1.29 is 18.8 Å². The quantitative estimate of drug-likeness (QED) is 0.858. The third kappa shape index (κ3) is 2.88. The Morgan fingerprint density at radius 3 is 2.35 bits per heavy atom. The lowest BCUT2D eigenvalue weighted by Gasteiger charge is -2.15. The Morgan fingerprint density at radius 1 is 1.13 bits per heavy atom. The lowest BCUT2D eigenvalue weighted by Crippen LogP contribution is -2.35. The van der Waals surface area contributed by atoms with E-state index in [1.165, 1.54) is 6.26 Å². The summed E-state index contributed by atoms with van der Waals surface area (Å²) in [5.41, 5.74) is 0.781. The van der Waals surface area contributed by atoms with Crippen molar-refractivity contribution in [2.45, 2.75) is 19.4 Å². The van der Waals surface area contributed by atoms with Gasteiger partial charge >= 0.3 is 0 Å². The van der Waals surface area contributed by atoms with Gasteiger partial charge in [-0.2, -0.15) is 0 Å². The zero-order chi connectivity index (χ0) is 16.4. The van der Waals surface area contributed by atoms with Gasteiger partial charge in [0, 0.05) is 13.0 Å². The van der Waals surface area contributed by atoms with Crippen LogP contribution >= 0.6 is 0 Å². The Labute approximate surface area is 133 Å². The number of amides is 3. The minimum atomic E-state index is -0.350. The maximum Gasteiger partial charge on any atom is 0.261 e. The van der Waals surface area contributed by atoms with E-state index in [0.29, 0.717) is 16.9 Å². The second-order valence-electron chi connectivity index (χ2n) is 5.36. The molecular weight excluding hydrogens is 296 g/mol. The normalized spacial score (nSPS) is 14.7. The summed E-state index contributed by atoms with van der Waals surface area (Å²) in [6, 6.07) is 9.92. The summed E-state index contributed by atoms with van der Waals surface area (Å²) in [6.45, 7) is 1.86. The van der Waals surface area contributed by atoms with E-state index >= 15 is 0 Å². The van der Waals surface area contributed by atoms with Crippen molar-refractivity contribution in [1.82, 2.24) is 10.2 Å². The van der Waals surface area contributed by atoms with Gasteiger partial charge in [-0.25, -0.2) is 0 Å². The molecule has 0 aliphatic carbocycles. The molecule has 0 spiro atoms. The van der Waals surface area contributed by atoms with Crippen LogP contribution in [0.2, 0.25) is 0 Å². The number of benzene rings is 1. The van der Waals surface area contributed by atoms with E-state index in [1.54, 1.807) is 43.3 Å². The monoisotopic (exact) mass is 312 g/mol. The number of fused-ring (bicyclic) bond motifs is 1. The first kappa shape index (κ1) is 15.0. The molecule has 0 radical (unpaired) electrons. The molecule has 1 aliphatic heterocycles. The van der Waals surface area contributed by atoms with Gasteiger partial charge in [-0.3, -0.25) is 19.3 Å². The summed E-state index contributed by atoms with van der Waals surface area (Å²) >= 11 is 0. The van der Waals surface area contributed by atoms with E-state index in [2.05, 4.69) is 5.32 Å². The Balaban J connectivity index is 1.58. The highest BCUT2D eigenvalue weighted by molar-refractivity contribution is 6.21. The van der Waals surface area contributed by atoms with Gasteiger partial charge in [-0.15, -0.1) is 0 Å². The molecule has 0 fully saturated rings. The first-order valence-electron chi connectivity index (χ1n) is 7.36. The average molecular weight is 312 g/mol. The van der Waals surface area contributed by atoms with Gasteiger partial charge in [0.2, 0.25) is 5.91 Å². The molecule has 6 nitrogen and oxygen atoms in total. The first-order chi connectivity index (χ1) is 11.1. The number of rotatable bonds is 5. The van der Waals surface area contributed by atoms with Gasteiger partial charge in [0.05, 0.1) is 23.4 Å². The molecule has 0 bridgehead atoms. The Bertz CT molecular complexity index is 717. The van der Waals surface area contributed by atoms with E-state index in [4.69, 9.17) is 4.42 Å². The highest BCUT2D eigenvalue weighted by Gasteiger charge is 2.35. The second kappa shape index (κ2) is 6.08. The topological polar surface area (TPSA) is 79.6 Å². The maximum atomic E-state index is 12.2. The first-order valence-corrected chi connectivity index (χ1v) is 7.36. The minimum absolute atomic E-state index is 0.0521. The average Bonchev–Trinajstić information content (AvgIpc) is 3.15. The predicted molar refractivity (Wildman–Crippen MR) is 81.7 cm³/mol. The summed E-state index contributed by atoms with van der Waals surface area (Å²) in [4.78, 5) is 37.5. The summed E-state index contributed by atoms with van der Waals surface area (Å²) in [7, 11) is 0. The Kier molecular flexibility index (Phi) is 3.97. The fraction of sp³-hybridized carbons (Fsp3) is 0.235. The van der Waals surface area contributed by atoms with Gasteiger partial charge < -0.3 is 9.73 Å². The van der Waals surface area contributed by atoms with Gasteiger partial charge in [0.1, 0.15) is 5.76 Å². The molecular formula is C17H16N2O4. The van der Waals surface area contributed by atoms with Crippen LogP contribution in [0, 0.1) is 0 Å². The number of hydrogen-bond acceptors (Lipinski definition) is 4. The molecule has 1 unspecified atom stereocenters. The molecule has 1 aliphatic rings. The van der Waals surface area contributed by atoms with Crippen molar-refractivity contribution in [3.05, 3.63) is 59.5 Å². The van der Waals surface area contributed by atoms with Crippen LogP contribution in [0.15, 0.2) is 47.1 Å². The molecule has 1 aromatic carbocycles. The standard InChI is InChI=1S/C17H16N2O4/c1-11(14-7-4-10-23-14)18-15(20)8-9-19-16(21)12-5-2-3-6-13(12)17(19)22/h2-7,10-11H,8-9H2,1H3,(H,18,20). The van der Waals surface area contributed by atoms with Crippen LogP contribution in [0.4, 0.5) is 0 Å². The molecule has 1 atom stereocenters. The highest BCUT2D eigenvalue weighted by atomic mass is 16.3. The fourth-order valence-corrected chi connectivity index (χ4v) is 2.58. The summed E-state index contributed by atoms with van der Waals surface area (Å²) in [5.74, 6) is -0.292. The van der Waals surface area contributed by atoms with Gasteiger partial charge in [0.15, 0.2) is 0 Å². The van der Waals surface area contributed by atoms with Crippen molar-refractivity contribution in [1.29, 1.82) is 0 Å². The lowest BCUT2D eigenvalue weighted by molar-refractivity contribution is -0.121. The molecule has 3 amide bonds. The van der Waals surface area contributed by atoms with Crippen molar-refractivity contribution in [3.8, 4) is 0 Å². The van der Waals surface area contributed by atoms with Gasteiger partial charge in [0.25, 0.3) is 11.8 Å². The van der Waals surface area contributed by atoms with Crippen molar-refractivity contribution in [2.24, 2.45) is 0 Å². The van der Waals surface area contributed by atoms with Crippen molar-refractivity contribution in [2.75, 3.05) is 6.54 Å². The highest BCUT2D eigenvalue weighted by Crippen LogP contribution is 2.22. The fourth-order valence-electron chi connectivity index (χ4n) is 2.58. The Morgan fingerprint density at radius 2 is 1.78 bits per heavy atom. The summed E-state index contributed by atoms with van der Waals surface area (Å²) < 4.78 is 5.22. The van der Waals surface area contributed by atoms with E-state index in [1.807, 2.05) is 0 Å². The van der Waals surface area contributed by atoms with Crippen LogP contribution in [0.1, 0.15) is 45.9 Å². The lowest BCUT2D eigenvalue weighted by atomic mass is 10.1. The molecule has 3 rings (SSSR count). The third-order valence-corrected chi connectivity index (χ3v) is 3.79. The van der Waals surface area contributed by atoms with Crippen LogP contribution in [0.3, 0.4) is 0 Å². The number of carbonyl (C=O) groups excluding carboxylic acids is 3. The Hall–Kier alpha value is -2.89. The molecule has 6 heteroatoms. The molecule has 23 heavy (non-hydrogen) atoms. The summed E-state index contributed by atoms with van der Waals surface area (Å²) in [6.07, 6.45) is 1.59. The third-order valence-electron chi connectivity index (χ3n) is 3.79. The number of carbonyl (C=O) groups is 3. The van der Waals surface area contributed by atoms with Crippen LogP contribution in [0.5, 0.6) is 0 Å². The van der Waals surface area contributed by atoms with Gasteiger partial charge in [-0.1, -0.05) is 12.1 Å². The van der Waals surface area contributed by atoms with E-state index < -0.39 is 0 Å². The van der Waals surface area contributed by atoms with E-state index in [-0.39, 0.29) is 36.7 Å².